The molecule has 2 heterocycles. The summed E-state index contributed by atoms with van der Waals surface area (Å²) in [5.41, 5.74) is 10.2. The van der Waals surface area contributed by atoms with E-state index in [1.54, 1.807) is 12.1 Å². The van der Waals surface area contributed by atoms with Gasteiger partial charge in [-0.1, -0.05) is 24.3 Å². The zero-order valence-corrected chi connectivity index (χ0v) is 16.5. The monoisotopic (exact) mass is 401 g/mol. The number of para-hydroxylation sites is 2. The van der Waals surface area contributed by atoms with Crippen molar-refractivity contribution < 1.29 is 9.66 Å². The zero-order valence-electron chi connectivity index (χ0n) is 16.5. The smallest absolute Gasteiger partial charge is 0.269 e. The Bertz CT molecular complexity index is 1170. The van der Waals surface area contributed by atoms with Gasteiger partial charge in [0.1, 0.15) is 11.6 Å². The first kappa shape index (κ1) is 19.2. The topological polar surface area (TPSA) is 118 Å². The van der Waals surface area contributed by atoms with Gasteiger partial charge in [0.25, 0.3) is 5.69 Å². The molecule has 1 atom stereocenters. The molecule has 0 aromatic heterocycles. The minimum absolute atomic E-state index is 0.0187. The maximum Gasteiger partial charge on any atom is 0.269 e. The maximum atomic E-state index is 11.1. The molecule has 0 fully saturated rings. The van der Waals surface area contributed by atoms with E-state index in [9.17, 15) is 15.4 Å². The molecule has 150 valence electrons. The molecule has 2 aliphatic rings. The molecule has 30 heavy (non-hydrogen) atoms. The number of allylic oxidation sites excluding steroid dienone is 2. The molecule has 0 bridgehead atoms. The number of hydrogen-bond acceptors (Lipinski definition) is 7. The summed E-state index contributed by atoms with van der Waals surface area (Å²) in [6.45, 7) is 4.45. The van der Waals surface area contributed by atoms with E-state index in [1.165, 1.54) is 12.1 Å². The van der Waals surface area contributed by atoms with E-state index in [1.807, 2.05) is 43.0 Å². The minimum Gasteiger partial charge on any atom is -0.424 e. The number of nitrogens with two attached hydrogens (primary N) is 1. The van der Waals surface area contributed by atoms with Gasteiger partial charge in [-0.3, -0.25) is 15.1 Å². The molecule has 0 saturated heterocycles. The van der Waals surface area contributed by atoms with Gasteiger partial charge in [0.2, 0.25) is 11.8 Å². The normalized spacial score (nSPS) is 18.0. The van der Waals surface area contributed by atoms with Crippen LogP contribution in [0.15, 0.2) is 76.4 Å². The number of nitro groups is 1. The molecule has 4 rings (SSSR count). The summed E-state index contributed by atoms with van der Waals surface area (Å²) in [6.07, 6.45) is 0. The quantitative estimate of drug-likeness (QED) is 0.607. The van der Waals surface area contributed by atoms with Crippen LogP contribution in [0.1, 0.15) is 25.3 Å². The highest BCUT2D eigenvalue weighted by atomic mass is 16.6. The maximum absolute atomic E-state index is 11.1. The third kappa shape index (κ3) is 2.97. The average Bonchev–Trinajstić information content (AvgIpc) is 2.86. The molecule has 2 aromatic rings. The van der Waals surface area contributed by atoms with Crippen molar-refractivity contribution in [2.24, 2.45) is 10.7 Å². The largest absolute Gasteiger partial charge is 0.424 e. The summed E-state index contributed by atoms with van der Waals surface area (Å²) in [6, 6.07) is 16.0. The highest BCUT2D eigenvalue weighted by Gasteiger charge is 2.38. The molecular formula is C22H19N5O3. The molecule has 1 unspecified atom stereocenters. The number of ether oxygens (including phenoxy) is 1. The Morgan fingerprint density at radius 3 is 2.60 bits per heavy atom. The third-order valence-electron chi connectivity index (χ3n) is 5.25. The predicted octanol–water partition coefficient (Wildman–Crippen LogP) is 4.25. The summed E-state index contributed by atoms with van der Waals surface area (Å²) in [7, 11) is 0. The van der Waals surface area contributed by atoms with E-state index in [4.69, 9.17) is 15.5 Å². The molecular weight excluding hydrogens is 382 g/mol. The van der Waals surface area contributed by atoms with Gasteiger partial charge in [-0.15, -0.1) is 0 Å². The fourth-order valence-corrected chi connectivity index (χ4v) is 3.88. The van der Waals surface area contributed by atoms with Gasteiger partial charge >= 0.3 is 0 Å². The van der Waals surface area contributed by atoms with Crippen LogP contribution in [0.2, 0.25) is 0 Å². The summed E-state index contributed by atoms with van der Waals surface area (Å²) in [5, 5.41) is 20.9. The van der Waals surface area contributed by atoms with Crippen molar-refractivity contribution in [1.82, 2.24) is 0 Å². The number of rotatable bonds is 3. The number of anilines is 1. The van der Waals surface area contributed by atoms with Crippen molar-refractivity contribution in [2.75, 3.05) is 11.4 Å². The van der Waals surface area contributed by atoms with Gasteiger partial charge in [-0.25, -0.2) is 0 Å². The summed E-state index contributed by atoms with van der Waals surface area (Å²) >= 11 is 0. The van der Waals surface area contributed by atoms with E-state index in [0.29, 0.717) is 29.3 Å². The Hall–Kier alpha value is -4.12. The van der Waals surface area contributed by atoms with Gasteiger partial charge in [0.15, 0.2) is 0 Å². The molecule has 0 aliphatic carbocycles. The molecule has 0 spiro atoms. The van der Waals surface area contributed by atoms with Crippen LogP contribution in [0.5, 0.6) is 0 Å². The molecule has 2 aliphatic heterocycles. The molecule has 8 heteroatoms. The SMILES string of the molecule is CCN1C2=C(C(C)=Nc3ccccc31)C(c1ccc([N+](=O)[O-])cc1)C(C#N)=C(N)O2. The van der Waals surface area contributed by atoms with E-state index in [2.05, 4.69) is 6.07 Å². The second kappa shape index (κ2) is 7.37. The lowest BCUT2D eigenvalue weighted by Crippen LogP contribution is -2.32. The number of nitriles is 1. The lowest BCUT2D eigenvalue weighted by molar-refractivity contribution is -0.384. The first-order chi connectivity index (χ1) is 14.5. The average molecular weight is 401 g/mol. The second-order valence-corrected chi connectivity index (χ2v) is 6.92. The Kier molecular flexibility index (Phi) is 4.72. The highest BCUT2D eigenvalue weighted by Crippen LogP contribution is 2.45. The van der Waals surface area contributed by atoms with Crippen LogP contribution >= 0.6 is 0 Å². The van der Waals surface area contributed by atoms with Crippen LogP contribution in [0.4, 0.5) is 17.1 Å². The first-order valence-corrected chi connectivity index (χ1v) is 9.44. The Morgan fingerprint density at radius 2 is 1.97 bits per heavy atom. The molecule has 8 nitrogen and oxygen atoms in total. The van der Waals surface area contributed by atoms with Crippen molar-refractivity contribution in [3.05, 3.63) is 87.1 Å². The van der Waals surface area contributed by atoms with Crippen LogP contribution in [0, 0.1) is 21.4 Å². The van der Waals surface area contributed by atoms with Gasteiger partial charge in [0.05, 0.1) is 22.2 Å². The fourth-order valence-electron chi connectivity index (χ4n) is 3.88. The molecule has 2 aromatic carbocycles. The predicted molar refractivity (Wildman–Crippen MR) is 113 cm³/mol. The van der Waals surface area contributed by atoms with E-state index in [0.717, 1.165) is 11.4 Å². The lowest BCUT2D eigenvalue weighted by Gasteiger charge is -2.33. The van der Waals surface area contributed by atoms with Crippen molar-refractivity contribution in [2.45, 2.75) is 19.8 Å². The first-order valence-electron chi connectivity index (χ1n) is 9.44. The number of non-ortho nitro benzene ring substituents is 1. The zero-order chi connectivity index (χ0) is 21.4. The number of hydrogen-bond donors (Lipinski definition) is 1. The third-order valence-corrected chi connectivity index (χ3v) is 5.25. The molecule has 0 amide bonds. The number of benzene rings is 2. The fraction of sp³-hybridized carbons (Fsp3) is 0.182. The van der Waals surface area contributed by atoms with E-state index < -0.39 is 10.8 Å². The van der Waals surface area contributed by atoms with Gasteiger partial charge in [0, 0.05) is 30.0 Å². The van der Waals surface area contributed by atoms with Crippen molar-refractivity contribution >= 4 is 22.8 Å². The lowest BCUT2D eigenvalue weighted by atomic mass is 9.82. The Morgan fingerprint density at radius 1 is 1.27 bits per heavy atom. The number of nitro benzene ring substituents is 1. The Labute approximate surface area is 173 Å². The number of aliphatic imine (C=N–C) groups is 1. The van der Waals surface area contributed by atoms with Crippen LogP contribution in [0.25, 0.3) is 0 Å². The van der Waals surface area contributed by atoms with E-state index in [-0.39, 0.29) is 17.1 Å². The summed E-state index contributed by atoms with van der Waals surface area (Å²) in [4.78, 5) is 17.4. The van der Waals surface area contributed by atoms with E-state index >= 15 is 0 Å². The highest BCUT2D eigenvalue weighted by molar-refractivity contribution is 6.05. The van der Waals surface area contributed by atoms with Gasteiger partial charge < -0.3 is 15.4 Å². The van der Waals surface area contributed by atoms with Crippen LogP contribution < -0.4 is 10.6 Å². The Balaban J connectivity index is 1.96. The van der Waals surface area contributed by atoms with Crippen LogP contribution in [-0.2, 0) is 4.74 Å². The molecule has 0 radical (unpaired) electrons. The second-order valence-electron chi connectivity index (χ2n) is 6.92. The number of fused-ring (bicyclic) bond motifs is 1. The van der Waals surface area contributed by atoms with Crippen molar-refractivity contribution in [3.8, 4) is 6.07 Å². The summed E-state index contributed by atoms with van der Waals surface area (Å²) < 4.78 is 5.97. The molecule has 2 N–H and O–H groups in total. The van der Waals surface area contributed by atoms with Gasteiger partial charge in [-0.05, 0) is 31.5 Å². The van der Waals surface area contributed by atoms with Crippen LogP contribution in [0.3, 0.4) is 0 Å². The van der Waals surface area contributed by atoms with Crippen LogP contribution in [-0.4, -0.2) is 17.2 Å². The van der Waals surface area contributed by atoms with Gasteiger partial charge in [-0.2, -0.15) is 5.26 Å². The number of nitrogens with zero attached hydrogens (tertiary/aromatic N) is 4. The van der Waals surface area contributed by atoms with Crippen molar-refractivity contribution in [1.29, 1.82) is 5.26 Å². The standard InChI is InChI=1S/C22H19N5O3/c1-3-26-18-7-5-4-6-17(18)25-13(2)19-20(16(12-23)21(24)30-22(19)26)14-8-10-15(11-9-14)27(28)29/h4-11,20H,3,24H2,1-2H3. The molecule has 0 saturated carbocycles. The van der Waals surface area contributed by atoms with Crippen molar-refractivity contribution in [3.63, 3.8) is 0 Å². The minimum atomic E-state index is -0.549. The summed E-state index contributed by atoms with van der Waals surface area (Å²) in [5.74, 6) is -0.0135.